The van der Waals surface area contributed by atoms with E-state index >= 15 is 0 Å². The van der Waals surface area contributed by atoms with Gasteiger partial charge in [-0.2, -0.15) is 0 Å². The average molecular weight is 352 g/mol. The average Bonchev–Trinajstić information content (AvgIpc) is 2.61. The van der Waals surface area contributed by atoms with Crippen LogP contribution in [0.1, 0.15) is 32.3 Å². The molecule has 1 aromatic carbocycles. The van der Waals surface area contributed by atoms with E-state index in [2.05, 4.69) is 5.32 Å². The van der Waals surface area contributed by atoms with Gasteiger partial charge in [-0.1, -0.05) is 30.7 Å². The number of urea groups is 1. The van der Waals surface area contributed by atoms with Gasteiger partial charge in [-0.05, 0) is 37.5 Å². The molecule has 1 aliphatic heterocycles. The van der Waals surface area contributed by atoms with Crippen LogP contribution in [0.25, 0.3) is 0 Å². The van der Waals surface area contributed by atoms with E-state index in [1.54, 1.807) is 4.90 Å². The molecular weight excluding hydrogens is 326 g/mol. The van der Waals surface area contributed by atoms with Gasteiger partial charge in [0, 0.05) is 43.7 Å². The van der Waals surface area contributed by atoms with E-state index in [-0.39, 0.29) is 18.0 Å². The predicted molar refractivity (Wildman–Crippen MR) is 96.2 cm³/mol. The molecule has 1 aromatic rings. The Bertz CT molecular complexity index is 554. The highest BCUT2D eigenvalue weighted by atomic mass is 35.5. The van der Waals surface area contributed by atoms with Gasteiger partial charge in [-0.3, -0.25) is 4.79 Å². The van der Waals surface area contributed by atoms with E-state index in [9.17, 15) is 9.59 Å². The number of nitrogens with one attached hydrogen (secondary N) is 1. The monoisotopic (exact) mass is 351 g/mol. The van der Waals surface area contributed by atoms with Gasteiger partial charge in [0.15, 0.2) is 0 Å². The van der Waals surface area contributed by atoms with Crippen molar-refractivity contribution in [3.8, 4) is 0 Å². The summed E-state index contributed by atoms with van der Waals surface area (Å²) in [7, 11) is 0. The molecule has 0 radical (unpaired) electrons. The second-order valence-corrected chi connectivity index (χ2v) is 6.69. The van der Waals surface area contributed by atoms with Gasteiger partial charge in [0.05, 0.1) is 0 Å². The SMILES string of the molecule is CCC(C)NC(=O)N1CCN(C(=O)CCc2ccc(Cl)cc2)CC1. The minimum Gasteiger partial charge on any atom is -0.339 e. The van der Waals surface area contributed by atoms with E-state index in [0.717, 1.165) is 12.0 Å². The molecule has 1 heterocycles. The van der Waals surface area contributed by atoms with E-state index in [0.29, 0.717) is 44.0 Å². The van der Waals surface area contributed by atoms with Crippen molar-refractivity contribution < 1.29 is 9.59 Å². The van der Waals surface area contributed by atoms with Crippen LogP contribution in [-0.2, 0) is 11.2 Å². The summed E-state index contributed by atoms with van der Waals surface area (Å²) in [5.41, 5.74) is 1.11. The van der Waals surface area contributed by atoms with E-state index < -0.39 is 0 Å². The summed E-state index contributed by atoms with van der Waals surface area (Å²) < 4.78 is 0. The number of hydrogen-bond acceptors (Lipinski definition) is 2. The Morgan fingerprint density at radius 3 is 2.29 bits per heavy atom. The number of carbonyl (C=O) groups is 2. The summed E-state index contributed by atoms with van der Waals surface area (Å²) in [6, 6.07) is 7.74. The van der Waals surface area contributed by atoms with Gasteiger partial charge in [0.1, 0.15) is 0 Å². The number of carbonyl (C=O) groups excluding carboxylic acids is 2. The smallest absolute Gasteiger partial charge is 0.317 e. The van der Waals surface area contributed by atoms with Crippen LogP contribution >= 0.6 is 11.6 Å². The van der Waals surface area contributed by atoms with Crippen LogP contribution in [0, 0.1) is 0 Å². The lowest BCUT2D eigenvalue weighted by Crippen LogP contribution is -2.54. The fourth-order valence-corrected chi connectivity index (χ4v) is 2.75. The minimum atomic E-state index is -0.0300. The molecule has 0 aromatic heterocycles. The molecule has 1 atom stereocenters. The topological polar surface area (TPSA) is 52.7 Å². The molecule has 1 fully saturated rings. The van der Waals surface area contributed by atoms with Crippen LogP contribution in [-0.4, -0.2) is 54.0 Å². The molecule has 0 saturated carbocycles. The first kappa shape index (κ1) is 18.6. The standard InChI is InChI=1S/C18H26ClN3O2/c1-3-14(2)20-18(24)22-12-10-21(11-13-22)17(23)9-6-15-4-7-16(19)8-5-15/h4-5,7-8,14H,3,6,9-13H2,1-2H3,(H,20,24). The Hall–Kier alpha value is -1.75. The number of amides is 3. The minimum absolute atomic E-state index is 0.0300. The first-order chi connectivity index (χ1) is 11.5. The zero-order chi connectivity index (χ0) is 17.5. The lowest BCUT2D eigenvalue weighted by molar-refractivity contribution is -0.132. The Labute approximate surface area is 149 Å². The van der Waals surface area contributed by atoms with Crippen molar-refractivity contribution >= 4 is 23.5 Å². The quantitative estimate of drug-likeness (QED) is 0.886. The summed E-state index contributed by atoms with van der Waals surface area (Å²) in [5, 5.41) is 3.67. The third-order valence-corrected chi connectivity index (χ3v) is 4.69. The molecule has 6 heteroatoms. The molecule has 132 valence electrons. The van der Waals surface area contributed by atoms with Gasteiger partial charge in [0.2, 0.25) is 5.91 Å². The second kappa shape index (κ2) is 8.92. The maximum atomic E-state index is 12.3. The lowest BCUT2D eigenvalue weighted by atomic mass is 10.1. The molecule has 1 aliphatic rings. The molecule has 2 rings (SSSR count). The number of rotatable bonds is 5. The largest absolute Gasteiger partial charge is 0.339 e. The van der Waals surface area contributed by atoms with Crippen molar-refractivity contribution in [1.82, 2.24) is 15.1 Å². The fourth-order valence-electron chi connectivity index (χ4n) is 2.62. The highest BCUT2D eigenvalue weighted by Crippen LogP contribution is 2.12. The Balaban J connectivity index is 1.74. The summed E-state index contributed by atoms with van der Waals surface area (Å²) >= 11 is 5.86. The van der Waals surface area contributed by atoms with Crippen LogP contribution in [0.5, 0.6) is 0 Å². The number of hydrogen-bond donors (Lipinski definition) is 1. The first-order valence-corrected chi connectivity index (χ1v) is 8.95. The molecule has 1 N–H and O–H groups in total. The van der Waals surface area contributed by atoms with Gasteiger partial charge >= 0.3 is 6.03 Å². The van der Waals surface area contributed by atoms with Crippen molar-refractivity contribution in [1.29, 1.82) is 0 Å². The molecular formula is C18H26ClN3O2. The zero-order valence-electron chi connectivity index (χ0n) is 14.4. The van der Waals surface area contributed by atoms with Crippen molar-refractivity contribution in [3.05, 3.63) is 34.9 Å². The highest BCUT2D eigenvalue weighted by Gasteiger charge is 2.24. The Morgan fingerprint density at radius 2 is 1.71 bits per heavy atom. The Kier molecular flexibility index (Phi) is 6.91. The molecule has 24 heavy (non-hydrogen) atoms. The maximum absolute atomic E-state index is 12.3. The predicted octanol–water partition coefficient (Wildman–Crippen LogP) is 2.92. The Morgan fingerprint density at radius 1 is 1.12 bits per heavy atom. The third kappa shape index (κ3) is 5.41. The van der Waals surface area contributed by atoms with Crippen LogP contribution in [0.15, 0.2) is 24.3 Å². The van der Waals surface area contributed by atoms with Crippen molar-refractivity contribution in [2.24, 2.45) is 0 Å². The van der Waals surface area contributed by atoms with E-state index in [1.807, 2.05) is 43.0 Å². The van der Waals surface area contributed by atoms with Gasteiger partial charge in [0.25, 0.3) is 0 Å². The number of nitrogens with zero attached hydrogens (tertiary/aromatic N) is 2. The van der Waals surface area contributed by atoms with Crippen molar-refractivity contribution in [2.75, 3.05) is 26.2 Å². The second-order valence-electron chi connectivity index (χ2n) is 6.25. The maximum Gasteiger partial charge on any atom is 0.317 e. The molecule has 0 spiro atoms. The first-order valence-electron chi connectivity index (χ1n) is 8.57. The molecule has 0 bridgehead atoms. The lowest BCUT2D eigenvalue weighted by Gasteiger charge is -2.35. The van der Waals surface area contributed by atoms with Gasteiger partial charge < -0.3 is 15.1 Å². The number of piperazine rings is 1. The van der Waals surface area contributed by atoms with Crippen molar-refractivity contribution in [3.63, 3.8) is 0 Å². The molecule has 5 nitrogen and oxygen atoms in total. The van der Waals surface area contributed by atoms with E-state index in [4.69, 9.17) is 11.6 Å². The zero-order valence-corrected chi connectivity index (χ0v) is 15.2. The summed E-state index contributed by atoms with van der Waals surface area (Å²) in [5.74, 6) is 0.145. The van der Waals surface area contributed by atoms with Crippen LogP contribution in [0.3, 0.4) is 0 Å². The molecule has 0 aliphatic carbocycles. The fraction of sp³-hybridized carbons (Fsp3) is 0.556. The van der Waals surface area contributed by atoms with Gasteiger partial charge in [-0.15, -0.1) is 0 Å². The van der Waals surface area contributed by atoms with Gasteiger partial charge in [-0.25, -0.2) is 4.79 Å². The molecule has 1 saturated heterocycles. The third-order valence-electron chi connectivity index (χ3n) is 4.44. The van der Waals surface area contributed by atoms with E-state index in [1.165, 1.54) is 0 Å². The summed E-state index contributed by atoms with van der Waals surface area (Å²) in [6.07, 6.45) is 2.11. The molecule has 1 unspecified atom stereocenters. The van der Waals surface area contributed by atoms with Crippen LogP contribution in [0.4, 0.5) is 4.79 Å². The summed E-state index contributed by atoms with van der Waals surface area (Å²) in [4.78, 5) is 28.0. The normalized spacial score (nSPS) is 16.0. The highest BCUT2D eigenvalue weighted by molar-refractivity contribution is 6.30. The van der Waals surface area contributed by atoms with Crippen molar-refractivity contribution in [2.45, 2.75) is 39.2 Å². The molecule has 3 amide bonds. The van der Waals surface area contributed by atoms with Crippen LogP contribution in [0.2, 0.25) is 5.02 Å². The number of aryl methyl sites for hydroxylation is 1. The summed E-state index contributed by atoms with van der Waals surface area (Å²) in [6.45, 7) is 6.43. The number of halogens is 1. The number of benzene rings is 1. The van der Waals surface area contributed by atoms with Crippen LogP contribution < -0.4 is 5.32 Å².